The van der Waals surface area contributed by atoms with Gasteiger partial charge in [-0.2, -0.15) is 0 Å². The van der Waals surface area contributed by atoms with Crippen LogP contribution in [0.15, 0.2) is 48.8 Å². The summed E-state index contributed by atoms with van der Waals surface area (Å²) in [6, 6.07) is 8.31. The van der Waals surface area contributed by atoms with Crippen molar-refractivity contribution in [1.29, 1.82) is 0 Å². The van der Waals surface area contributed by atoms with Crippen molar-refractivity contribution < 1.29 is 18.0 Å². The number of carbonyl (C=O) groups is 1. The first-order valence-electron chi connectivity index (χ1n) is 7.23. The van der Waals surface area contributed by atoms with Gasteiger partial charge in [0, 0.05) is 23.5 Å². The highest BCUT2D eigenvalue weighted by Crippen LogP contribution is 2.22. The highest BCUT2D eigenvalue weighted by molar-refractivity contribution is 6.31. The quantitative estimate of drug-likeness (QED) is 0.699. The molecular weight excluding hydrogens is 369 g/mol. The first-order valence-corrected chi connectivity index (χ1v) is 7.61. The summed E-state index contributed by atoms with van der Waals surface area (Å²) in [6.07, 6.45) is 1.15. The van der Waals surface area contributed by atoms with Crippen molar-refractivity contribution in [3.05, 3.63) is 77.0 Å². The molecule has 0 saturated heterocycles. The van der Waals surface area contributed by atoms with E-state index in [2.05, 4.69) is 20.6 Å². The van der Waals surface area contributed by atoms with E-state index < -0.39 is 23.4 Å². The van der Waals surface area contributed by atoms with E-state index >= 15 is 0 Å². The fourth-order valence-electron chi connectivity index (χ4n) is 2.04. The Labute approximate surface area is 150 Å². The lowest BCUT2D eigenvalue weighted by Crippen LogP contribution is -2.14. The Hall–Kier alpha value is -3.13. The van der Waals surface area contributed by atoms with Crippen LogP contribution in [0.2, 0.25) is 5.02 Å². The van der Waals surface area contributed by atoms with Crippen LogP contribution in [0.3, 0.4) is 0 Å². The van der Waals surface area contributed by atoms with Crippen molar-refractivity contribution in [3.63, 3.8) is 0 Å². The van der Waals surface area contributed by atoms with Crippen LogP contribution in [-0.4, -0.2) is 15.9 Å². The summed E-state index contributed by atoms with van der Waals surface area (Å²) in [7, 11) is 0. The molecule has 5 nitrogen and oxygen atoms in total. The maximum atomic E-state index is 13.2. The molecule has 0 aliphatic rings. The van der Waals surface area contributed by atoms with E-state index in [1.807, 2.05) is 0 Å². The Balaban J connectivity index is 1.76. The second-order valence-electron chi connectivity index (χ2n) is 5.13. The van der Waals surface area contributed by atoms with Crippen LogP contribution in [-0.2, 0) is 0 Å². The van der Waals surface area contributed by atoms with E-state index in [4.69, 9.17) is 11.6 Å². The number of aromatic nitrogens is 2. The molecule has 0 atom stereocenters. The van der Waals surface area contributed by atoms with Gasteiger partial charge in [0.2, 0.25) is 0 Å². The van der Waals surface area contributed by atoms with Gasteiger partial charge in [-0.05, 0) is 30.3 Å². The molecule has 26 heavy (non-hydrogen) atoms. The summed E-state index contributed by atoms with van der Waals surface area (Å²) in [4.78, 5) is 20.0. The predicted octanol–water partition coefficient (Wildman–Crippen LogP) is 4.54. The van der Waals surface area contributed by atoms with Gasteiger partial charge in [-0.25, -0.2) is 23.1 Å². The summed E-state index contributed by atoms with van der Waals surface area (Å²) >= 11 is 5.71. The Morgan fingerprint density at radius 2 is 1.62 bits per heavy atom. The fraction of sp³-hybridized carbons (Fsp3) is 0. The zero-order chi connectivity index (χ0) is 18.7. The van der Waals surface area contributed by atoms with Crippen molar-refractivity contribution in [2.45, 2.75) is 0 Å². The van der Waals surface area contributed by atoms with Gasteiger partial charge in [0.1, 0.15) is 23.7 Å². The number of carbonyl (C=O) groups excluding carboxylic acids is 1. The van der Waals surface area contributed by atoms with Crippen molar-refractivity contribution in [2.24, 2.45) is 0 Å². The Kier molecular flexibility index (Phi) is 5.04. The van der Waals surface area contributed by atoms with Crippen LogP contribution < -0.4 is 10.6 Å². The average Bonchev–Trinajstić information content (AvgIpc) is 2.61. The molecule has 2 N–H and O–H groups in total. The zero-order valence-corrected chi connectivity index (χ0v) is 13.7. The van der Waals surface area contributed by atoms with Crippen LogP contribution in [0, 0.1) is 17.5 Å². The molecule has 0 unspecified atom stereocenters. The Morgan fingerprint density at radius 3 is 2.35 bits per heavy atom. The molecule has 0 aliphatic carbocycles. The lowest BCUT2D eigenvalue weighted by Gasteiger charge is -2.08. The van der Waals surface area contributed by atoms with E-state index in [1.54, 1.807) is 0 Å². The van der Waals surface area contributed by atoms with Crippen LogP contribution in [0.5, 0.6) is 0 Å². The second-order valence-corrected chi connectivity index (χ2v) is 5.53. The lowest BCUT2D eigenvalue weighted by molar-refractivity contribution is 0.102. The monoisotopic (exact) mass is 378 g/mol. The van der Waals surface area contributed by atoms with Crippen LogP contribution in [0.4, 0.5) is 30.4 Å². The Bertz CT molecular complexity index is 984. The molecule has 0 bridgehead atoms. The summed E-state index contributed by atoms with van der Waals surface area (Å²) in [5, 5.41) is 5.19. The van der Waals surface area contributed by atoms with Gasteiger partial charge >= 0.3 is 0 Å². The zero-order valence-electron chi connectivity index (χ0n) is 12.9. The van der Waals surface area contributed by atoms with E-state index in [1.165, 1.54) is 30.3 Å². The maximum Gasteiger partial charge on any atom is 0.274 e. The van der Waals surface area contributed by atoms with Gasteiger partial charge in [0.15, 0.2) is 11.6 Å². The molecule has 3 aromatic rings. The summed E-state index contributed by atoms with van der Waals surface area (Å²) in [6.45, 7) is 0. The molecule has 1 aromatic heterocycles. The molecule has 0 saturated carbocycles. The van der Waals surface area contributed by atoms with Crippen LogP contribution in [0.25, 0.3) is 0 Å². The summed E-state index contributed by atoms with van der Waals surface area (Å²) in [5.74, 6) is -3.04. The van der Waals surface area contributed by atoms with Crippen molar-refractivity contribution >= 4 is 34.7 Å². The number of hydrogen-bond donors (Lipinski definition) is 2. The number of nitrogens with one attached hydrogen (secondary N) is 2. The van der Waals surface area contributed by atoms with E-state index in [0.717, 1.165) is 18.5 Å². The van der Waals surface area contributed by atoms with Crippen molar-refractivity contribution in [3.8, 4) is 0 Å². The third-order valence-corrected chi connectivity index (χ3v) is 3.56. The number of amides is 1. The minimum Gasteiger partial charge on any atom is -0.340 e. The normalized spacial score (nSPS) is 10.5. The highest BCUT2D eigenvalue weighted by atomic mass is 35.5. The average molecular weight is 379 g/mol. The third-order valence-electron chi connectivity index (χ3n) is 3.27. The Morgan fingerprint density at radius 1 is 0.885 bits per heavy atom. The molecule has 1 amide bonds. The number of benzene rings is 2. The first kappa shape index (κ1) is 17.7. The molecule has 0 fully saturated rings. The maximum absolute atomic E-state index is 13.2. The van der Waals surface area contributed by atoms with Gasteiger partial charge in [0.25, 0.3) is 5.91 Å². The number of nitrogens with zero attached hydrogens (tertiary/aromatic N) is 2. The number of rotatable bonds is 4. The number of anilines is 3. The highest BCUT2D eigenvalue weighted by Gasteiger charge is 2.11. The van der Waals surface area contributed by atoms with E-state index in [9.17, 15) is 18.0 Å². The molecule has 0 spiro atoms. The largest absolute Gasteiger partial charge is 0.340 e. The molecule has 0 aliphatic heterocycles. The smallest absolute Gasteiger partial charge is 0.274 e. The van der Waals surface area contributed by atoms with Gasteiger partial charge < -0.3 is 10.6 Å². The first-order chi connectivity index (χ1) is 12.4. The molecule has 9 heteroatoms. The predicted molar refractivity (Wildman–Crippen MR) is 91.0 cm³/mol. The molecule has 2 aromatic carbocycles. The lowest BCUT2D eigenvalue weighted by atomic mass is 10.2. The van der Waals surface area contributed by atoms with Gasteiger partial charge in [-0.15, -0.1) is 0 Å². The van der Waals surface area contributed by atoms with Crippen molar-refractivity contribution in [1.82, 2.24) is 9.97 Å². The van der Waals surface area contributed by atoms with Gasteiger partial charge in [0.05, 0.1) is 5.02 Å². The van der Waals surface area contributed by atoms with Crippen LogP contribution in [0.1, 0.15) is 10.5 Å². The molecular formula is C17H10ClF3N4O. The van der Waals surface area contributed by atoms with Crippen molar-refractivity contribution in [2.75, 3.05) is 10.6 Å². The molecule has 3 rings (SSSR count). The fourth-order valence-corrected chi connectivity index (χ4v) is 2.22. The summed E-state index contributed by atoms with van der Waals surface area (Å²) < 4.78 is 39.3. The standard InChI is InChI=1S/C17H10ClF3N4O/c18-11-5-9(1-3-12(11)19)24-16-7-15(22-8-23-16)17(26)25-10-2-4-13(20)14(21)6-10/h1-8H,(H,25,26)(H,22,23,24). The van der Waals surface area contributed by atoms with Gasteiger partial charge in [-0.1, -0.05) is 11.6 Å². The van der Waals surface area contributed by atoms with E-state index in [0.29, 0.717) is 5.69 Å². The topological polar surface area (TPSA) is 66.9 Å². The number of hydrogen-bond acceptors (Lipinski definition) is 4. The minimum absolute atomic E-state index is 0.0135. The van der Waals surface area contributed by atoms with Crippen LogP contribution >= 0.6 is 11.6 Å². The molecule has 132 valence electrons. The summed E-state index contributed by atoms with van der Waals surface area (Å²) in [5.41, 5.74) is 0.523. The second kappa shape index (κ2) is 7.40. The van der Waals surface area contributed by atoms with Gasteiger partial charge in [-0.3, -0.25) is 4.79 Å². The molecule has 0 radical (unpaired) electrons. The van der Waals surface area contributed by atoms with E-state index in [-0.39, 0.29) is 22.2 Å². The third kappa shape index (κ3) is 4.09. The SMILES string of the molecule is O=C(Nc1ccc(F)c(F)c1)c1cc(Nc2ccc(F)c(Cl)c2)ncn1. The number of halogens is 4. The molecule has 1 heterocycles. The minimum atomic E-state index is -1.08.